The molecule has 1 heterocycles. The van der Waals surface area contributed by atoms with Crippen LogP contribution in [0.15, 0.2) is 66.4 Å². The number of benzene rings is 2. The molecule has 4 heteroatoms. The number of hydrogen-bond acceptors (Lipinski definition) is 3. The lowest BCUT2D eigenvalue weighted by molar-refractivity contribution is -0.114. The largest absolute Gasteiger partial charge is 0.443 e. The van der Waals surface area contributed by atoms with Crippen molar-refractivity contribution in [1.29, 1.82) is 0 Å². The highest BCUT2D eigenvalue weighted by molar-refractivity contribution is 6.05. The zero-order valence-corrected chi connectivity index (χ0v) is 15.3. The summed E-state index contributed by atoms with van der Waals surface area (Å²) in [5.74, 6) is -0.0615. The van der Waals surface area contributed by atoms with Crippen LogP contribution in [0.1, 0.15) is 44.4 Å². The van der Waals surface area contributed by atoms with Gasteiger partial charge in [-0.1, -0.05) is 60.7 Å². The summed E-state index contributed by atoms with van der Waals surface area (Å²) in [4.78, 5) is 27.1. The number of hydrogen-bond donors (Lipinski definition) is 0. The number of carbonyl (C=O) groups excluding carboxylic acids is 2. The van der Waals surface area contributed by atoms with Gasteiger partial charge < -0.3 is 4.74 Å². The molecule has 0 unspecified atom stereocenters. The topological polar surface area (TPSA) is 46.6 Å². The first kappa shape index (κ1) is 17.9. The second-order valence-corrected chi connectivity index (χ2v) is 7.34. The van der Waals surface area contributed by atoms with Crippen LogP contribution >= 0.6 is 0 Å². The van der Waals surface area contributed by atoms with E-state index in [1.54, 1.807) is 6.08 Å². The number of carbonyl (C=O) groups is 2. The maximum atomic E-state index is 12.9. The van der Waals surface area contributed by atoms with E-state index < -0.39 is 11.7 Å². The molecule has 1 atom stereocenters. The second-order valence-electron chi connectivity index (χ2n) is 7.34. The van der Waals surface area contributed by atoms with Crippen LogP contribution in [-0.4, -0.2) is 22.4 Å². The minimum absolute atomic E-state index is 0.0615. The summed E-state index contributed by atoms with van der Waals surface area (Å²) in [7, 11) is 0. The molecule has 0 N–H and O–H groups in total. The summed E-state index contributed by atoms with van der Waals surface area (Å²) in [5.41, 5.74) is 1.53. The summed E-state index contributed by atoms with van der Waals surface area (Å²) in [6, 6.07) is 18.8. The van der Waals surface area contributed by atoms with E-state index in [1.165, 1.54) is 4.90 Å². The van der Waals surface area contributed by atoms with Crippen molar-refractivity contribution in [1.82, 2.24) is 4.90 Å². The lowest BCUT2D eigenvalue weighted by atomic mass is 10.0. The number of ether oxygens (including phenoxy) is 1. The Labute approximate surface area is 154 Å². The van der Waals surface area contributed by atoms with Gasteiger partial charge in [0.25, 0.3) is 0 Å². The van der Waals surface area contributed by atoms with Gasteiger partial charge in [-0.2, -0.15) is 0 Å². The number of amides is 1. The van der Waals surface area contributed by atoms with Crippen LogP contribution in [0.5, 0.6) is 0 Å². The van der Waals surface area contributed by atoms with E-state index in [0.29, 0.717) is 5.70 Å². The van der Waals surface area contributed by atoms with Gasteiger partial charge in [-0.05, 0) is 38.0 Å². The van der Waals surface area contributed by atoms with Crippen molar-refractivity contribution in [3.8, 4) is 0 Å². The van der Waals surface area contributed by atoms with Gasteiger partial charge in [-0.3, -0.25) is 9.69 Å². The molecule has 2 aromatic carbocycles. The quantitative estimate of drug-likeness (QED) is 0.719. The summed E-state index contributed by atoms with van der Waals surface area (Å²) in [6.45, 7) is 5.46. The second kappa shape index (κ2) is 7.16. The van der Waals surface area contributed by atoms with Crippen molar-refractivity contribution in [2.24, 2.45) is 0 Å². The first-order valence-electron chi connectivity index (χ1n) is 8.72. The molecule has 0 aliphatic carbocycles. The first-order chi connectivity index (χ1) is 12.3. The van der Waals surface area contributed by atoms with Crippen molar-refractivity contribution < 1.29 is 14.3 Å². The number of ketones is 1. The van der Waals surface area contributed by atoms with Gasteiger partial charge in [0.15, 0.2) is 5.78 Å². The molecular formula is C22H23NO3. The van der Waals surface area contributed by atoms with Crippen molar-refractivity contribution >= 4 is 18.0 Å². The highest BCUT2D eigenvalue weighted by atomic mass is 16.6. The third-order valence-electron chi connectivity index (χ3n) is 4.11. The average molecular weight is 349 g/mol. The SMILES string of the molecule is CC(C)(C)OC(=O)N1/C(=C/c2ccccc2)C(=O)C[C@@H]1c1ccccc1. The molecule has 1 fully saturated rings. The predicted octanol–water partition coefficient (Wildman–Crippen LogP) is 4.98. The van der Waals surface area contributed by atoms with E-state index >= 15 is 0 Å². The molecule has 0 aromatic heterocycles. The van der Waals surface area contributed by atoms with Crippen LogP contribution in [0.4, 0.5) is 4.79 Å². The molecule has 0 bridgehead atoms. The Balaban J connectivity index is 2.03. The summed E-state index contributed by atoms with van der Waals surface area (Å²) in [6.07, 6.45) is 1.51. The molecule has 1 saturated heterocycles. The van der Waals surface area contributed by atoms with Gasteiger partial charge in [-0.25, -0.2) is 4.79 Å². The van der Waals surface area contributed by atoms with Crippen LogP contribution in [0, 0.1) is 0 Å². The van der Waals surface area contributed by atoms with E-state index in [0.717, 1.165) is 11.1 Å². The maximum Gasteiger partial charge on any atom is 0.415 e. The molecule has 3 rings (SSSR count). The molecule has 1 aliphatic rings. The number of Topliss-reactive ketones (excluding diaryl/α,β-unsaturated/α-hetero) is 1. The van der Waals surface area contributed by atoms with Gasteiger partial charge in [0, 0.05) is 6.42 Å². The fourth-order valence-corrected chi connectivity index (χ4v) is 3.01. The van der Waals surface area contributed by atoms with Gasteiger partial charge in [0.05, 0.1) is 11.7 Å². The summed E-state index contributed by atoms with van der Waals surface area (Å²) < 4.78 is 5.58. The maximum absolute atomic E-state index is 12.9. The Morgan fingerprint density at radius 2 is 1.62 bits per heavy atom. The molecule has 134 valence electrons. The smallest absolute Gasteiger partial charge is 0.415 e. The normalized spacial score (nSPS) is 19.0. The monoisotopic (exact) mass is 349 g/mol. The highest BCUT2D eigenvalue weighted by Crippen LogP contribution is 2.38. The van der Waals surface area contributed by atoms with Crippen LogP contribution in [-0.2, 0) is 9.53 Å². The number of likely N-dealkylation sites (tertiary alicyclic amines) is 1. The molecular weight excluding hydrogens is 326 g/mol. The van der Waals surface area contributed by atoms with Crippen LogP contribution in [0.2, 0.25) is 0 Å². The highest BCUT2D eigenvalue weighted by Gasteiger charge is 2.41. The molecule has 26 heavy (non-hydrogen) atoms. The third-order valence-corrected chi connectivity index (χ3v) is 4.11. The Bertz CT molecular complexity index is 819. The minimum Gasteiger partial charge on any atom is -0.443 e. The van der Waals surface area contributed by atoms with Crippen molar-refractivity contribution in [2.45, 2.75) is 38.8 Å². The summed E-state index contributed by atoms with van der Waals surface area (Å²) in [5, 5.41) is 0. The summed E-state index contributed by atoms with van der Waals surface area (Å²) >= 11 is 0. The Morgan fingerprint density at radius 1 is 1.04 bits per heavy atom. The number of allylic oxidation sites excluding steroid dienone is 1. The minimum atomic E-state index is -0.637. The van der Waals surface area contributed by atoms with Crippen LogP contribution < -0.4 is 0 Å². The zero-order valence-electron chi connectivity index (χ0n) is 15.3. The molecule has 4 nitrogen and oxygen atoms in total. The van der Waals surface area contributed by atoms with E-state index in [4.69, 9.17) is 4.74 Å². The van der Waals surface area contributed by atoms with Crippen LogP contribution in [0.25, 0.3) is 6.08 Å². The third kappa shape index (κ3) is 4.02. The fourth-order valence-electron chi connectivity index (χ4n) is 3.01. The molecule has 2 aromatic rings. The van der Waals surface area contributed by atoms with Gasteiger partial charge in [0.1, 0.15) is 5.60 Å². The molecule has 0 spiro atoms. The molecule has 1 aliphatic heterocycles. The first-order valence-corrected chi connectivity index (χ1v) is 8.72. The molecule has 0 radical (unpaired) electrons. The van der Waals surface area contributed by atoms with Crippen molar-refractivity contribution in [3.63, 3.8) is 0 Å². The Morgan fingerprint density at radius 3 is 2.19 bits per heavy atom. The van der Waals surface area contributed by atoms with E-state index in [1.807, 2.05) is 81.4 Å². The standard InChI is InChI=1S/C22H23NO3/c1-22(2,3)26-21(25)23-18(17-12-8-5-9-13-17)15-20(24)19(23)14-16-10-6-4-7-11-16/h4-14,18H,15H2,1-3H3/b19-14+/t18-/m1/s1. The van der Waals surface area contributed by atoms with Crippen molar-refractivity contribution in [2.75, 3.05) is 0 Å². The zero-order chi connectivity index (χ0) is 18.7. The van der Waals surface area contributed by atoms with Gasteiger partial charge >= 0.3 is 6.09 Å². The Hall–Kier alpha value is -2.88. The predicted molar refractivity (Wildman–Crippen MR) is 101 cm³/mol. The molecule has 0 saturated carbocycles. The number of nitrogens with zero attached hydrogens (tertiary/aromatic N) is 1. The lowest BCUT2D eigenvalue weighted by Crippen LogP contribution is -2.36. The van der Waals surface area contributed by atoms with Gasteiger partial charge in [-0.15, -0.1) is 0 Å². The van der Waals surface area contributed by atoms with Crippen LogP contribution in [0.3, 0.4) is 0 Å². The average Bonchev–Trinajstić information content (AvgIpc) is 2.92. The van der Waals surface area contributed by atoms with E-state index in [9.17, 15) is 9.59 Å². The molecule has 1 amide bonds. The van der Waals surface area contributed by atoms with E-state index in [2.05, 4.69) is 0 Å². The number of rotatable bonds is 2. The lowest BCUT2D eigenvalue weighted by Gasteiger charge is -2.29. The van der Waals surface area contributed by atoms with E-state index in [-0.39, 0.29) is 18.2 Å². The Kier molecular flexibility index (Phi) is 4.94. The fraction of sp³-hybridized carbons (Fsp3) is 0.273. The van der Waals surface area contributed by atoms with Gasteiger partial charge in [0.2, 0.25) is 0 Å². The van der Waals surface area contributed by atoms with Crippen molar-refractivity contribution in [3.05, 3.63) is 77.5 Å².